The molecule has 13 heavy (non-hydrogen) atoms. The standard InChI is InChI=1S/C9H10N2O2/c1-13-9(12)7-4-11-8-5-10-3-2-6(7)8/h2,4-5,10-11H,3H2,1H3. The van der Waals surface area contributed by atoms with Crippen LogP contribution in [0.15, 0.2) is 6.20 Å². The fraction of sp³-hybridized carbons (Fsp3) is 0.222. The minimum atomic E-state index is -0.302. The van der Waals surface area contributed by atoms with Crippen molar-refractivity contribution in [3.05, 3.63) is 22.3 Å². The van der Waals surface area contributed by atoms with E-state index in [0.29, 0.717) is 5.56 Å². The molecule has 0 radical (unpaired) electrons. The van der Waals surface area contributed by atoms with Gasteiger partial charge in [0.2, 0.25) is 0 Å². The molecule has 0 bridgehead atoms. The van der Waals surface area contributed by atoms with Crippen molar-refractivity contribution < 1.29 is 9.53 Å². The monoisotopic (exact) mass is 178 g/mol. The lowest BCUT2D eigenvalue weighted by Crippen LogP contribution is -2.34. The molecular weight excluding hydrogens is 168 g/mol. The molecule has 0 saturated heterocycles. The third kappa shape index (κ3) is 1.20. The molecule has 2 heterocycles. The Balaban J connectivity index is 2.63. The third-order valence-corrected chi connectivity index (χ3v) is 2.03. The van der Waals surface area contributed by atoms with Gasteiger partial charge in [-0.1, -0.05) is 6.08 Å². The van der Waals surface area contributed by atoms with E-state index >= 15 is 0 Å². The number of aromatic amines is 1. The summed E-state index contributed by atoms with van der Waals surface area (Å²) < 4.78 is 4.65. The van der Waals surface area contributed by atoms with E-state index in [1.165, 1.54) is 7.11 Å². The van der Waals surface area contributed by atoms with Crippen LogP contribution in [0.25, 0.3) is 12.3 Å². The van der Waals surface area contributed by atoms with Gasteiger partial charge in [0, 0.05) is 24.2 Å². The van der Waals surface area contributed by atoms with Crippen molar-refractivity contribution in [3.8, 4) is 0 Å². The van der Waals surface area contributed by atoms with Crippen molar-refractivity contribution >= 4 is 18.2 Å². The lowest BCUT2D eigenvalue weighted by atomic mass is 10.2. The highest BCUT2D eigenvalue weighted by molar-refractivity contribution is 5.89. The Morgan fingerprint density at radius 1 is 1.62 bits per heavy atom. The van der Waals surface area contributed by atoms with Crippen LogP contribution >= 0.6 is 0 Å². The first kappa shape index (κ1) is 7.91. The maximum absolute atomic E-state index is 11.2. The first-order valence-electron chi connectivity index (χ1n) is 4.02. The van der Waals surface area contributed by atoms with Crippen LogP contribution in [-0.2, 0) is 4.74 Å². The molecule has 2 N–H and O–H groups in total. The molecule has 0 spiro atoms. The number of hydrogen-bond donors (Lipinski definition) is 2. The summed E-state index contributed by atoms with van der Waals surface area (Å²) in [4.78, 5) is 14.2. The normalized spacial score (nSPS) is 13.3. The quantitative estimate of drug-likeness (QED) is 0.538. The van der Waals surface area contributed by atoms with Gasteiger partial charge in [0.25, 0.3) is 0 Å². The molecule has 0 amide bonds. The Kier molecular flexibility index (Phi) is 1.81. The second-order valence-corrected chi connectivity index (χ2v) is 2.78. The minimum absolute atomic E-state index is 0.302. The molecule has 1 aromatic heterocycles. The summed E-state index contributed by atoms with van der Waals surface area (Å²) >= 11 is 0. The van der Waals surface area contributed by atoms with E-state index in [-0.39, 0.29) is 5.97 Å². The number of hydrogen-bond acceptors (Lipinski definition) is 3. The van der Waals surface area contributed by atoms with Gasteiger partial charge in [-0.3, -0.25) is 0 Å². The molecule has 0 unspecified atom stereocenters. The molecule has 0 aliphatic carbocycles. The van der Waals surface area contributed by atoms with Crippen LogP contribution in [0.1, 0.15) is 10.4 Å². The van der Waals surface area contributed by atoms with Gasteiger partial charge < -0.3 is 15.0 Å². The van der Waals surface area contributed by atoms with Gasteiger partial charge >= 0.3 is 5.97 Å². The fourth-order valence-corrected chi connectivity index (χ4v) is 1.39. The third-order valence-electron chi connectivity index (χ3n) is 2.03. The Labute approximate surface area is 74.9 Å². The summed E-state index contributed by atoms with van der Waals surface area (Å²) in [7, 11) is 1.38. The highest BCUT2D eigenvalue weighted by atomic mass is 16.5. The zero-order valence-electron chi connectivity index (χ0n) is 7.26. The van der Waals surface area contributed by atoms with E-state index in [2.05, 4.69) is 15.0 Å². The summed E-state index contributed by atoms with van der Waals surface area (Å²) in [5, 5.41) is 4.89. The molecule has 0 aromatic carbocycles. The summed E-state index contributed by atoms with van der Waals surface area (Å²) in [5.41, 5.74) is 0.593. The molecule has 1 aliphatic heterocycles. The van der Waals surface area contributed by atoms with Gasteiger partial charge in [0.1, 0.15) is 0 Å². The molecule has 4 heteroatoms. The van der Waals surface area contributed by atoms with Crippen LogP contribution in [-0.4, -0.2) is 24.6 Å². The van der Waals surface area contributed by atoms with Crippen LogP contribution in [0.2, 0.25) is 0 Å². The van der Waals surface area contributed by atoms with Crippen LogP contribution < -0.4 is 15.9 Å². The largest absolute Gasteiger partial charge is 0.465 e. The zero-order chi connectivity index (χ0) is 9.26. The molecular formula is C9H10N2O2. The second-order valence-electron chi connectivity index (χ2n) is 2.78. The number of carbonyl (C=O) groups excluding carboxylic acids is 1. The van der Waals surface area contributed by atoms with Crippen molar-refractivity contribution in [3.63, 3.8) is 0 Å². The van der Waals surface area contributed by atoms with Crippen LogP contribution in [0.4, 0.5) is 0 Å². The number of carbonyl (C=O) groups is 1. The second kappa shape index (κ2) is 2.97. The summed E-state index contributed by atoms with van der Waals surface area (Å²) in [5.74, 6) is -0.302. The molecule has 4 nitrogen and oxygen atoms in total. The number of aromatic nitrogens is 1. The number of ether oxygens (including phenoxy) is 1. The van der Waals surface area contributed by atoms with E-state index in [4.69, 9.17) is 0 Å². The molecule has 1 aromatic rings. The van der Waals surface area contributed by atoms with E-state index in [9.17, 15) is 4.79 Å². The van der Waals surface area contributed by atoms with Crippen molar-refractivity contribution in [2.45, 2.75) is 0 Å². The Morgan fingerprint density at radius 2 is 2.46 bits per heavy atom. The molecule has 0 saturated carbocycles. The first-order chi connectivity index (χ1) is 6.33. The van der Waals surface area contributed by atoms with Crippen molar-refractivity contribution in [2.75, 3.05) is 13.7 Å². The average molecular weight is 178 g/mol. The van der Waals surface area contributed by atoms with E-state index in [0.717, 1.165) is 17.1 Å². The number of nitrogens with one attached hydrogen (secondary N) is 2. The average Bonchev–Trinajstić information content (AvgIpc) is 2.60. The molecule has 2 rings (SSSR count). The zero-order valence-corrected chi connectivity index (χ0v) is 7.26. The van der Waals surface area contributed by atoms with Gasteiger partial charge in [-0.15, -0.1) is 0 Å². The van der Waals surface area contributed by atoms with Crippen LogP contribution in [0, 0.1) is 0 Å². The number of methoxy groups -OCH3 is 1. The highest BCUT2D eigenvalue weighted by Crippen LogP contribution is 1.90. The predicted molar refractivity (Wildman–Crippen MR) is 48.3 cm³/mol. The first-order valence-corrected chi connectivity index (χ1v) is 4.02. The minimum Gasteiger partial charge on any atom is -0.465 e. The Bertz CT molecular complexity index is 445. The highest BCUT2D eigenvalue weighted by Gasteiger charge is 2.10. The van der Waals surface area contributed by atoms with Crippen molar-refractivity contribution in [1.82, 2.24) is 10.3 Å². The van der Waals surface area contributed by atoms with E-state index in [1.807, 2.05) is 12.3 Å². The Morgan fingerprint density at radius 3 is 3.23 bits per heavy atom. The van der Waals surface area contributed by atoms with Gasteiger partial charge in [-0.25, -0.2) is 4.79 Å². The molecule has 0 atom stereocenters. The summed E-state index contributed by atoms with van der Waals surface area (Å²) in [6.07, 6.45) is 5.47. The van der Waals surface area contributed by atoms with Crippen LogP contribution in [0.3, 0.4) is 0 Å². The molecule has 1 aliphatic rings. The van der Waals surface area contributed by atoms with Crippen molar-refractivity contribution in [2.24, 2.45) is 0 Å². The SMILES string of the molecule is COC(=O)c1c[nH]c2c1=CCNC=2. The lowest BCUT2D eigenvalue weighted by molar-refractivity contribution is 0.0599. The maximum atomic E-state index is 11.2. The topological polar surface area (TPSA) is 54.1 Å². The number of H-pyrrole nitrogens is 1. The Hall–Kier alpha value is -1.71. The molecule has 0 fully saturated rings. The maximum Gasteiger partial charge on any atom is 0.340 e. The van der Waals surface area contributed by atoms with E-state index < -0.39 is 0 Å². The number of esters is 1. The summed E-state index contributed by atoms with van der Waals surface area (Å²) in [6, 6.07) is 0. The van der Waals surface area contributed by atoms with Crippen LogP contribution in [0.5, 0.6) is 0 Å². The lowest BCUT2D eigenvalue weighted by Gasteiger charge is -1.99. The predicted octanol–water partition coefficient (Wildman–Crippen LogP) is -1.08. The van der Waals surface area contributed by atoms with Gasteiger partial charge in [0.15, 0.2) is 0 Å². The number of rotatable bonds is 1. The fourth-order valence-electron chi connectivity index (χ4n) is 1.39. The van der Waals surface area contributed by atoms with Gasteiger partial charge in [-0.2, -0.15) is 0 Å². The number of fused-ring (bicyclic) bond motifs is 1. The molecule has 68 valence electrons. The summed E-state index contributed by atoms with van der Waals surface area (Å²) in [6.45, 7) is 0.745. The van der Waals surface area contributed by atoms with Crippen molar-refractivity contribution in [1.29, 1.82) is 0 Å². The smallest absolute Gasteiger partial charge is 0.340 e. The van der Waals surface area contributed by atoms with Gasteiger partial charge in [-0.05, 0) is 0 Å². The van der Waals surface area contributed by atoms with E-state index in [1.54, 1.807) is 6.20 Å². The van der Waals surface area contributed by atoms with Gasteiger partial charge in [0.05, 0.1) is 18.0 Å².